The van der Waals surface area contributed by atoms with E-state index in [1.165, 1.54) is 0 Å². The lowest BCUT2D eigenvalue weighted by atomic mass is 10.2. The highest BCUT2D eigenvalue weighted by Crippen LogP contribution is 2.25. The number of anilines is 3. The summed E-state index contributed by atoms with van der Waals surface area (Å²) >= 11 is 3.40. The molecule has 1 aromatic heterocycles. The summed E-state index contributed by atoms with van der Waals surface area (Å²) in [6.45, 7) is 2.83. The van der Waals surface area contributed by atoms with Gasteiger partial charge in [0, 0.05) is 29.0 Å². The summed E-state index contributed by atoms with van der Waals surface area (Å²) in [6, 6.07) is 11.4. The van der Waals surface area contributed by atoms with Gasteiger partial charge in [-0.15, -0.1) is 0 Å². The predicted octanol–water partition coefficient (Wildman–Crippen LogP) is 3.89. The Morgan fingerprint density at radius 3 is 2.89 bits per heavy atom. The molecule has 0 amide bonds. The fraction of sp³-hybridized carbons (Fsp3) is 0.143. The third kappa shape index (κ3) is 3.46. The van der Waals surface area contributed by atoms with Gasteiger partial charge in [-0.2, -0.15) is 5.26 Å². The Labute approximate surface area is 120 Å². The first kappa shape index (κ1) is 13.4. The lowest BCUT2D eigenvalue weighted by Gasteiger charge is -2.10. The number of nitrogens with zero attached hydrogens (tertiary/aromatic N) is 2. The summed E-state index contributed by atoms with van der Waals surface area (Å²) in [5, 5.41) is 15.5. The molecule has 0 radical (unpaired) electrons. The van der Waals surface area contributed by atoms with E-state index < -0.39 is 0 Å². The Bertz CT molecular complexity index is 619. The van der Waals surface area contributed by atoms with Crippen molar-refractivity contribution < 1.29 is 0 Å². The molecule has 0 aliphatic rings. The second-order valence-electron chi connectivity index (χ2n) is 3.89. The van der Waals surface area contributed by atoms with E-state index >= 15 is 0 Å². The monoisotopic (exact) mass is 316 g/mol. The molecule has 0 aliphatic heterocycles. The third-order valence-electron chi connectivity index (χ3n) is 2.50. The number of nitriles is 1. The molecule has 0 atom stereocenters. The van der Waals surface area contributed by atoms with Crippen LogP contribution in [0.25, 0.3) is 0 Å². The molecule has 96 valence electrons. The van der Waals surface area contributed by atoms with Gasteiger partial charge in [-0.05, 0) is 31.2 Å². The molecule has 0 aliphatic carbocycles. The molecule has 0 bridgehead atoms. The Kier molecular flexibility index (Phi) is 4.37. The summed E-state index contributed by atoms with van der Waals surface area (Å²) < 4.78 is 0.926. The first-order valence-corrected chi connectivity index (χ1v) is 6.69. The highest BCUT2D eigenvalue weighted by Gasteiger charge is 2.04. The van der Waals surface area contributed by atoms with Crippen molar-refractivity contribution in [2.24, 2.45) is 0 Å². The number of hydrogen-bond acceptors (Lipinski definition) is 4. The van der Waals surface area contributed by atoms with Crippen molar-refractivity contribution >= 4 is 33.1 Å². The number of hydrogen-bond donors (Lipinski definition) is 2. The predicted molar refractivity (Wildman–Crippen MR) is 80.5 cm³/mol. The number of nitrogens with one attached hydrogen (secondary N) is 2. The maximum Gasteiger partial charge on any atom is 0.127 e. The van der Waals surface area contributed by atoms with Crippen LogP contribution in [0.3, 0.4) is 0 Å². The van der Waals surface area contributed by atoms with E-state index in [0.29, 0.717) is 5.56 Å². The summed E-state index contributed by atoms with van der Waals surface area (Å²) in [6.07, 6.45) is 1.73. The molecule has 19 heavy (non-hydrogen) atoms. The van der Waals surface area contributed by atoms with Crippen LogP contribution in [-0.4, -0.2) is 11.5 Å². The zero-order valence-corrected chi connectivity index (χ0v) is 12.0. The maximum atomic E-state index is 9.10. The molecule has 0 spiro atoms. The van der Waals surface area contributed by atoms with Gasteiger partial charge in [-0.1, -0.05) is 15.9 Å². The van der Waals surface area contributed by atoms with Gasteiger partial charge in [0.15, 0.2) is 0 Å². The summed E-state index contributed by atoms with van der Waals surface area (Å²) in [4.78, 5) is 4.21. The third-order valence-corrected chi connectivity index (χ3v) is 2.99. The first-order valence-electron chi connectivity index (χ1n) is 5.89. The van der Waals surface area contributed by atoms with E-state index in [1.807, 2.05) is 31.2 Å². The maximum absolute atomic E-state index is 9.10. The number of aromatic nitrogens is 1. The molecule has 0 unspecified atom stereocenters. The zero-order valence-electron chi connectivity index (χ0n) is 10.4. The van der Waals surface area contributed by atoms with Crippen LogP contribution in [0.15, 0.2) is 41.0 Å². The van der Waals surface area contributed by atoms with Crippen LogP contribution in [0, 0.1) is 11.3 Å². The van der Waals surface area contributed by atoms with Crippen LogP contribution >= 0.6 is 15.9 Å². The molecule has 2 rings (SSSR count). The minimum absolute atomic E-state index is 0.602. The summed E-state index contributed by atoms with van der Waals surface area (Å²) in [5.41, 5.74) is 2.26. The van der Waals surface area contributed by atoms with Crippen molar-refractivity contribution in [2.75, 3.05) is 17.2 Å². The lowest BCUT2D eigenvalue weighted by molar-refractivity contribution is 1.16. The van der Waals surface area contributed by atoms with Gasteiger partial charge in [-0.3, -0.25) is 0 Å². The van der Waals surface area contributed by atoms with Gasteiger partial charge >= 0.3 is 0 Å². The molecule has 0 fully saturated rings. The van der Waals surface area contributed by atoms with Crippen molar-refractivity contribution in [3.8, 4) is 6.07 Å². The fourth-order valence-corrected chi connectivity index (χ4v) is 2.02. The van der Waals surface area contributed by atoms with E-state index in [9.17, 15) is 0 Å². The quantitative estimate of drug-likeness (QED) is 0.898. The molecule has 1 heterocycles. The van der Waals surface area contributed by atoms with Crippen LogP contribution in [0.4, 0.5) is 17.2 Å². The average molecular weight is 317 g/mol. The Hall–Kier alpha value is -2.06. The largest absolute Gasteiger partial charge is 0.370 e. The second kappa shape index (κ2) is 6.21. The molecule has 0 saturated carbocycles. The van der Waals surface area contributed by atoms with Crippen LogP contribution in [0.5, 0.6) is 0 Å². The molecule has 0 saturated heterocycles. The van der Waals surface area contributed by atoms with Crippen LogP contribution < -0.4 is 10.6 Å². The zero-order chi connectivity index (χ0) is 13.7. The SMILES string of the molecule is CCNc1cc(Nc2cc(Br)ccc2C#N)ccn1. The van der Waals surface area contributed by atoms with E-state index in [1.54, 1.807) is 12.3 Å². The van der Waals surface area contributed by atoms with E-state index in [-0.39, 0.29) is 0 Å². The van der Waals surface area contributed by atoms with Crippen LogP contribution in [-0.2, 0) is 0 Å². The van der Waals surface area contributed by atoms with Crippen LogP contribution in [0.1, 0.15) is 12.5 Å². The fourth-order valence-electron chi connectivity index (χ4n) is 1.66. The minimum Gasteiger partial charge on any atom is -0.370 e. The van der Waals surface area contributed by atoms with Crippen molar-refractivity contribution in [1.82, 2.24) is 4.98 Å². The average Bonchev–Trinajstić information content (AvgIpc) is 2.40. The molecule has 2 N–H and O–H groups in total. The van der Waals surface area contributed by atoms with Gasteiger partial charge in [-0.25, -0.2) is 4.98 Å². The smallest absolute Gasteiger partial charge is 0.127 e. The van der Waals surface area contributed by atoms with E-state index in [4.69, 9.17) is 5.26 Å². The number of rotatable bonds is 4. The standard InChI is InChI=1S/C14H13BrN4/c1-2-17-14-8-12(5-6-18-14)19-13-7-11(15)4-3-10(13)9-16/h3-8H,2H2,1H3,(H2,17,18,19). The summed E-state index contributed by atoms with van der Waals surface area (Å²) in [7, 11) is 0. The van der Waals surface area contributed by atoms with Gasteiger partial charge in [0.05, 0.1) is 11.3 Å². The number of benzene rings is 1. The molecule has 5 heteroatoms. The van der Waals surface area contributed by atoms with Gasteiger partial charge in [0.25, 0.3) is 0 Å². The van der Waals surface area contributed by atoms with Gasteiger partial charge in [0.2, 0.25) is 0 Å². The molecule has 4 nitrogen and oxygen atoms in total. The molecular weight excluding hydrogens is 304 g/mol. The van der Waals surface area contributed by atoms with E-state index in [2.05, 4.69) is 37.6 Å². The van der Waals surface area contributed by atoms with Crippen molar-refractivity contribution in [2.45, 2.75) is 6.92 Å². The van der Waals surface area contributed by atoms with E-state index in [0.717, 1.165) is 28.2 Å². The highest BCUT2D eigenvalue weighted by atomic mass is 79.9. The lowest BCUT2D eigenvalue weighted by Crippen LogP contribution is -2.00. The van der Waals surface area contributed by atoms with Crippen molar-refractivity contribution in [3.05, 3.63) is 46.6 Å². The topological polar surface area (TPSA) is 60.7 Å². The normalized spacial score (nSPS) is 9.74. The number of halogens is 1. The summed E-state index contributed by atoms with van der Waals surface area (Å²) in [5.74, 6) is 0.806. The highest BCUT2D eigenvalue weighted by molar-refractivity contribution is 9.10. The first-order chi connectivity index (χ1) is 9.22. The second-order valence-corrected chi connectivity index (χ2v) is 4.80. The Morgan fingerprint density at radius 2 is 2.16 bits per heavy atom. The molecule has 2 aromatic rings. The molecular formula is C14H13BrN4. The Morgan fingerprint density at radius 1 is 1.32 bits per heavy atom. The van der Waals surface area contributed by atoms with Crippen molar-refractivity contribution in [3.63, 3.8) is 0 Å². The van der Waals surface area contributed by atoms with Crippen molar-refractivity contribution in [1.29, 1.82) is 5.26 Å². The molecule has 1 aromatic carbocycles. The Balaban J connectivity index is 2.28. The minimum atomic E-state index is 0.602. The van der Waals surface area contributed by atoms with Gasteiger partial charge < -0.3 is 10.6 Å². The number of pyridine rings is 1. The van der Waals surface area contributed by atoms with Gasteiger partial charge in [0.1, 0.15) is 11.9 Å². The van der Waals surface area contributed by atoms with Crippen LogP contribution in [0.2, 0.25) is 0 Å².